The van der Waals surface area contributed by atoms with Crippen molar-refractivity contribution < 1.29 is 0 Å². The van der Waals surface area contributed by atoms with Gasteiger partial charge in [0.25, 0.3) is 0 Å². The maximum atomic E-state index is 2.43. The number of hydrogen-bond acceptors (Lipinski definition) is 2. The van der Waals surface area contributed by atoms with Crippen molar-refractivity contribution in [3.63, 3.8) is 0 Å². The van der Waals surface area contributed by atoms with Gasteiger partial charge in [0.1, 0.15) is 0 Å². The lowest BCUT2D eigenvalue weighted by molar-refractivity contribution is 1.30. The molecule has 0 aliphatic carbocycles. The van der Waals surface area contributed by atoms with E-state index in [1.165, 1.54) is 80.1 Å². The van der Waals surface area contributed by atoms with Crippen LogP contribution in [-0.2, 0) is 0 Å². The van der Waals surface area contributed by atoms with E-state index < -0.39 is 0 Å². The zero-order valence-corrected chi connectivity index (χ0v) is 26.9. The number of anilines is 3. The largest absolute Gasteiger partial charge is 0.310 e. The summed E-state index contributed by atoms with van der Waals surface area (Å²) in [7, 11) is 0. The van der Waals surface area contributed by atoms with E-state index in [4.69, 9.17) is 0 Å². The van der Waals surface area contributed by atoms with Gasteiger partial charge < -0.3 is 4.90 Å². The van der Waals surface area contributed by atoms with Gasteiger partial charge >= 0.3 is 0 Å². The molecular weight excluding hydrogens is 599 g/mol. The third-order valence-corrected chi connectivity index (χ3v) is 11.0. The molecule has 0 radical (unpaired) electrons. The smallest absolute Gasteiger partial charge is 0.0540 e. The molecule has 0 unspecified atom stereocenters. The highest BCUT2D eigenvalue weighted by atomic mass is 32.1. The maximum Gasteiger partial charge on any atom is 0.0540 e. The minimum absolute atomic E-state index is 1.13. The lowest BCUT2D eigenvalue weighted by atomic mass is 9.96. The Morgan fingerprint density at radius 3 is 1.85 bits per heavy atom. The highest BCUT2D eigenvalue weighted by molar-refractivity contribution is 7.26. The molecule has 0 bridgehead atoms. The first-order valence-corrected chi connectivity index (χ1v) is 17.2. The number of benzene rings is 9. The highest BCUT2D eigenvalue weighted by Gasteiger charge is 2.19. The third-order valence-electron chi connectivity index (χ3n) is 9.82. The number of thiophene rings is 1. The normalized spacial score (nSPS) is 11.8. The lowest BCUT2D eigenvalue weighted by Gasteiger charge is -2.27. The van der Waals surface area contributed by atoms with Crippen molar-refractivity contribution in [1.82, 2.24) is 0 Å². The van der Waals surface area contributed by atoms with Gasteiger partial charge in [0.2, 0.25) is 0 Å². The number of hydrogen-bond donors (Lipinski definition) is 0. The summed E-state index contributed by atoms with van der Waals surface area (Å²) in [4.78, 5) is 2.43. The third kappa shape index (κ3) is 4.24. The predicted octanol–water partition coefficient (Wildman–Crippen LogP) is 13.8. The van der Waals surface area contributed by atoms with Gasteiger partial charge in [-0.05, 0) is 91.3 Å². The zero-order valence-electron chi connectivity index (χ0n) is 26.1. The molecule has 2 heteroatoms. The lowest BCUT2D eigenvalue weighted by Crippen LogP contribution is -2.10. The van der Waals surface area contributed by atoms with Crippen LogP contribution in [0.5, 0.6) is 0 Å². The van der Waals surface area contributed by atoms with E-state index in [9.17, 15) is 0 Å². The van der Waals surface area contributed by atoms with E-state index in [-0.39, 0.29) is 0 Å². The summed E-state index contributed by atoms with van der Waals surface area (Å²) in [5.41, 5.74) is 5.86. The summed E-state index contributed by atoms with van der Waals surface area (Å²) in [5.74, 6) is 0. The number of rotatable bonds is 4. The average molecular weight is 628 g/mol. The van der Waals surface area contributed by atoms with Gasteiger partial charge in [-0.2, -0.15) is 0 Å². The molecule has 10 aromatic rings. The minimum Gasteiger partial charge on any atom is -0.310 e. The van der Waals surface area contributed by atoms with Gasteiger partial charge in [0.05, 0.1) is 5.69 Å². The van der Waals surface area contributed by atoms with Crippen LogP contribution < -0.4 is 4.90 Å². The summed E-state index contributed by atoms with van der Waals surface area (Å²) in [6, 6.07) is 64.5. The summed E-state index contributed by atoms with van der Waals surface area (Å²) in [6.45, 7) is 0. The van der Waals surface area contributed by atoms with E-state index in [1.807, 2.05) is 11.3 Å². The molecule has 10 rings (SSSR count). The predicted molar refractivity (Wildman–Crippen MR) is 209 cm³/mol. The summed E-state index contributed by atoms with van der Waals surface area (Å²) in [5, 5.41) is 12.8. The SMILES string of the molecule is c1ccc(-c2ccc(N(c3ccc4c(ccc5ccc6ccccc6c54)c3)c3cccc4c3ccc3sc5ccccc5c34)cc2)cc1. The van der Waals surface area contributed by atoms with Crippen LogP contribution in [0.25, 0.3) is 74.4 Å². The highest BCUT2D eigenvalue weighted by Crippen LogP contribution is 2.45. The molecule has 48 heavy (non-hydrogen) atoms. The second kappa shape index (κ2) is 10.8. The van der Waals surface area contributed by atoms with Crippen molar-refractivity contribution in [3.05, 3.63) is 176 Å². The van der Waals surface area contributed by atoms with E-state index in [0.29, 0.717) is 0 Å². The Labute approximate surface area is 282 Å². The van der Waals surface area contributed by atoms with Crippen LogP contribution >= 0.6 is 11.3 Å². The number of fused-ring (bicyclic) bond motifs is 10. The van der Waals surface area contributed by atoms with Gasteiger partial charge in [-0.1, -0.05) is 133 Å². The molecule has 1 aromatic heterocycles. The molecule has 1 heterocycles. The standard InChI is InChI=1S/C46H29NS/c1-2-9-30(10-3-1)31-21-23-35(24-22-31)47(42-15-8-14-40-39(42)27-28-44-46(40)41-13-6-7-16-43(41)48-44)36-25-26-38-34(29-36)20-19-33-18-17-32-11-4-5-12-37(32)45(33)38/h1-29H. The molecule has 0 aliphatic heterocycles. The van der Waals surface area contributed by atoms with Crippen LogP contribution in [-0.4, -0.2) is 0 Å². The Morgan fingerprint density at radius 1 is 0.333 bits per heavy atom. The molecule has 1 nitrogen and oxygen atoms in total. The van der Waals surface area contributed by atoms with Crippen molar-refractivity contribution in [3.8, 4) is 11.1 Å². The summed E-state index contributed by atoms with van der Waals surface area (Å²) in [6.07, 6.45) is 0. The maximum absolute atomic E-state index is 2.43. The molecule has 0 aliphatic rings. The number of nitrogens with zero attached hydrogens (tertiary/aromatic N) is 1. The molecule has 0 spiro atoms. The molecule has 0 atom stereocenters. The van der Waals surface area contributed by atoms with Gasteiger partial charge in [0.15, 0.2) is 0 Å². The summed E-state index contributed by atoms with van der Waals surface area (Å²) >= 11 is 1.87. The first-order valence-electron chi connectivity index (χ1n) is 16.4. The Balaban J connectivity index is 1.22. The average Bonchev–Trinajstić information content (AvgIpc) is 3.55. The van der Waals surface area contributed by atoms with Crippen LogP contribution in [0, 0.1) is 0 Å². The fourth-order valence-electron chi connectivity index (χ4n) is 7.58. The topological polar surface area (TPSA) is 3.24 Å². The van der Waals surface area contributed by atoms with Crippen LogP contribution in [0.15, 0.2) is 176 Å². The van der Waals surface area contributed by atoms with Gasteiger partial charge in [-0.3, -0.25) is 0 Å². The molecule has 0 saturated carbocycles. The molecule has 0 amide bonds. The van der Waals surface area contributed by atoms with E-state index >= 15 is 0 Å². The van der Waals surface area contributed by atoms with Crippen molar-refractivity contribution >= 4 is 91.7 Å². The molecule has 0 N–H and O–H groups in total. The van der Waals surface area contributed by atoms with Crippen molar-refractivity contribution in [2.24, 2.45) is 0 Å². The molecular formula is C46H29NS. The van der Waals surface area contributed by atoms with Gasteiger partial charge in [-0.15, -0.1) is 11.3 Å². The molecule has 0 fully saturated rings. The summed E-state index contributed by atoms with van der Waals surface area (Å²) < 4.78 is 2.65. The van der Waals surface area contributed by atoms with Gasteiger partial charge in [-0.25, -0.2) is 0 Å². The Hall–Kier alpha value is -5.96. The van der Waals surface area contributed by atoms with E-state index in [0.717, 1.165) is 11.4 Å². The first-order chi connectivity index (χ1) is 23.8. The van der Waals surface area contributed by atoms with E-state index in [2.05, 4.69) is 181 Å². The Morgan fingerprint density at radius 2 is 0.979 bits per heavy atom. The van der Waals surface area contributed by atoms with Crippen LogP contribution in [0.4, 0.5) is 17.1 Å². The Bertz CT molecular complexity index is 2830. The van der Waals surface area contributed by atoms with Crippen LogP contribution in [0.2, 0.25) is 0 Å². The second-order valence-corrected chi connectivity index (χ2v) is 13.6. The molecule has 224 valence electrons. The molecule has 0 saturated heterocycles. The van der Waals surface area contributed by atoms with Crippen molar-refractivity contribution in [2.45, 2.75) is 0 Å². The quantitative estimate of drug-likeness (QED) is 0.176. The van der Waals surface area contributed by atoms with Crippen LogP contribution in [0.3, 0.4) is 0 Å². The van der Waals surface area contributed by atoms with E-state index in [1.54, 1.807) is 0 Å². The minimum atomic E-state index is 1.13. The van der Waals surface area contributed by atoms with Crippen LogP contribution in [0.1, 0.15) is 0 Å². The zero-order chi connectivity index (χ0) is 31.6. The van der Waals surface area contributed by atoms with Crippen molar-refractivity contribution in [1.29, 1.82) is 0 Å². The monoisotopic (exact) mass is 627 g/mol. The second-order valence-electron chi connectivity index (χ2n) is 12.5. The first kappa shape index (κ1) is 27.2. The fourth-order valence-corrected chi connectivity index (χ4v) is 8.70. The Kier molecular flexibility index (Phi) is 6.12. The van der Waals surface area contributed by atoms with Crippen molar-refractivity contribution in [2.75, 3.05) is 4.90 Å². The fraction of sp³-hybridized carbons (Fsp3) is 0. The van der Waals surface area contributed by atoms with Gasteiger partial charge in [0, 0.05) is 36.9 Å². The molecule has 9 aromatic carbocycles.